The lowest BCUT2D eigenvalue weighted by molar-refractivity contribution is 0.0703. The molecule has 0 amide bonds. The second-order valence-corrected chi connectivity index (χ2v) is 5.60. The highest BCUT2D eigenvalue weighted by molar-refractivity contribution is 6.29. The minimum atomic E-state index is -0.964. The largest absolute Gasteiger partial charge is 0.293 e. The topological polar surface area (TPSA) is 34.1 Å². The summed E-state index contributed by atoms with van der Waals surface area (Å²) >= 11 is 0. The molecule has 0 fully saturated rings. The van der Waals surface area contributed by atoms with Crippen LogP contribution in [0, 0.1) is 5.41 Å². The molecule has 0 saturated heterocycles. The molecule has 0 aliphatic heterocycles. The van der Waals surface area contributed by atoms with E-state index in [-0.39, 0.29) is 11.6 Å². The summed E-state index contributed by atoms with van der Waals surface area (Å²) in [5, 5.41) is 0. The second-order valence-electron chi connectivity index (χ2n) is 5.60. The molecule has 21 heavy (non-hydrogen) atoms. The Labute approximate surface area is 126 Å². The first-order valence-corrected chi connectivity index (χ1v) is 7.62. The molecular formula is C19H22O2. The third kappa shape index (κ3) is 2.76. The Morgan fingerprint density at radius 2 is 1.67 bits per heavy atom. The maximum Gasteiger partial charge on any atom is 0.178 e. The van der Waals surface area contributed by atoms with Crippen molar-refractivity contribution in [2.45, 2.75) is 39.0 Å². The molecule has 2 rings (SSSR count). The lowest BCUT2D eigenvalue weighted by Crippen LogP contribution is -2.32. The van der Waals surface area contributed by atoms with Gasteiger partial charge in [0.15, 0.2) is 11.6 Å². The van der Waals surface area contributed by atoms with Crippen LogP contribution in [0.2, 0.25) is 0 Å². The second kappa shape index (κ2) is 6.66. The van der Waals surface area contributed by atoms with E-state index in [1.165, 1.54) is 0 Å². The molecule has 110 valence electrons. The Morgan fingerprint density at radius 1 is 1.05 bits per heavy atom. The third-order valence-corrected chi connectivity index (χ3v) is 4.14. The number of allylic oxidation sites excluding steroid dienone is 3. The summed E-state index contributed by atoms with van der Waals surface area (Å²) in [5.41, 5.74) is 0.159. The maximum absolute atomic E-state index is 12.7. The van der Waals surface area contributed by atoms with Gasteiger partial charge in [-0.2, -0.15) is 0 Å². The highest BCUT2D eigenvalue weighted by atomic mass is 16.2. The van der Waals surface area contributed by atoms with Crippen molar-refractivity contribution in [3.05, 3.63) is 60.2 Å². The van der Waals surface area contributed by atoms with Crippen molar-refractivity contribution in [2.24, 2.45) is 5.41 Å². The van der Waals surface area contributed by atoms with Crippen LogP contribution in [0.4, 0.5) is 0 Å². The molecule has 0 unspecified atom stereocenters. The molecule has 0 aromatic heterocycles. The van der Waals surface area contributed by atoms with Crippen LogP contribution in [-0.2, 0) is 0 Å². The van der Waals surface area contributed by atoms with E-state index in [2.05, 4.69) is 19.6 Å². The van der Waals surface area contributed by atoms with Crippen LogP contribution in [0.25, 0.3) is 0 Å². The third-order valence-electron chi connectivity index (χ3n) is 4.14. The molecule has 0 bridgehead atoms. The van der Waals surface area contributed by atoms with Crippen molar-refractivity contribution in [1.29, 1.82) is 0 Å². The van der Waals surface area contributed by atoms with Gasteiger partial charge in [-0.25, -0.2) is 0 Å². The van der Waals surface area contributed by atoms with Crippen LogP contribution in [-0.4, -0.2) is 11.6 Å². The number of unbranched alkanes of at least 4 members (excludes halogenated alkanes) is 2. The number of Topliss-reactive ketones (excluding diaryl/α,β-unsaturated/α-hetero) is 2. The van der Waals surface area contributed by atoms with Gasteiger partial charge in [0, 0.05) is 11.1 Å². The van der Waals surface area contributed by atoms with Crippen molar-refractivity contribution >= 4 is 11.6 Å². The summed E-state index contributed by atoms with van der Waals surface area (Å²) in [6.07, 6.45) is 9.89. The molecule has 0 saturated carbocycles. The quantitative estimate of drug-likeness (QED) is 0.410. The van der Waals surface area contributed by atoms with Gasteiger partial charge < -0.3 is 0 Å². The minimum Gasteiger partial charge on any atom is -0.293 e. The Hall–Kier alpha value is -1.96. The minimum absolute atomic E-state index is 0.0526. The van der Waals surface area contributed by atoms with Gasteiger partial charge in [0.25, 0.3) is 0 Å². The van der Waals surface area contributed by atoms with Crippen molar-refractivity contribution in [3.63, 3.8) is 0 Å². The van der Waals surface area contributed by atoms with Crippen LogP contribution in [0.15, 0.2) is 49.1 Å². The fraction of sp³-hybridized carbons (Fsp3) is 0.368. The van der Waals surface area contributed by atoms with Gasteiger partial charge in [0.05, 0.1) is 0 Å². The maximum atomic E-state index is 12.7. The van der Waals surface area contributed by atoms with Crippen molar-refractivity contribution < 1.29 is 9.59 Å². The van der Waals surface area contributed by atoms with Gasteiger partial charge >= 0.3 is 0 Å². The zero-order valence-corrected chi connectivity index (χ0v) is 12.6. The van der Waals surface area contributed by atoms with E-state index in [4.69, 9.17) is 0 Å². The lowest BCUT2D eigenvalue weighted by atomic mass is 9.76. The van der Waals surface area contributed by atoms with Crippen LogP contribution >= 0.6 is 0 Å². The number of benzene rings is 1. The van der Waals surface area contributed by atoms with Crippen LogP contribution in [0.3, 0.4) is 0 Å². The van der Waals surface area contributed by atoms with Crippen molar-refractivity contribution in [2.75, 3.05) is 0 Å². The number of fused-ring (bicyclic) bond motifs is 1. The van der Waals surface area contributed by atoms with Crippen molar-refractivity contribution in [3.8, 4) is 0 Å². The van der Waals surface area contributed by atoms with E-state index in [9.17, 15) is 9.59 Å². The Morgan fingerprint density at radius 3 is 2.19 bits per heavy atom. The van der Waals surface area contributed by atoms with Gasteiger partial charge in [0.1, 0.15) is 5.41 Å². The number of rotatable bonds is 7. The first-order chi connectivity index (χ1) is 10.2. The lowest BCUT2D eigenvalue weighted by Gasteiger charge is -2.22. The highest BCUT2D eigenvalue weighted by Crippen LogP contribution is 2.42. The first kappa shape index (κ1) is 15.4. The van der Waals surface area contributed by atoms with E-state index < -0.39 is 5.41 Å². The first-order valence-electron chi connectivity index (χ1n) is 7.62. The molecule has 0 radical (unpaired) electrons. The molecular weight excluding hydrogens is 260 g/mol. The van der Waals surface area contributed by atoms with E-state index in [0.717, 1.165) is 19.3 Å². The Bertz CT molecular complexity index is 546. The summed E-state index contributed by atoms with van der Waals surface area (Å²) in [6.45, 7) is 5.88. The predicted octanol–water partition coefficient (Wildman–Crippen LogP) is 4.76. The molecule has 0 heterocycles. The molecule has 1 aromatic carbocycles. The summed E-state index contributed by atoms with van der Waals surface area (Å²) < 4.78 is 0. The molecule has 1 aliphatic rings. The van der Waals surface area contributed by atoms with Crippen LogP contribution in [0.5, 0.6) is 0 Å². The normalized spacial score (nSPS) is 16.4. The Kier molecular flexibility index (Phi) is 4.89. The van der Waals surface area contributed by atoms with Crippen molar-refractivity contribution in [1.82, 2.24) is 0 Å². The zero-order valence-electron chi connectivity index (χ0n) is 12.6. The summed E-state index contributed by atoms with van der Waals surface area (Å²) in [4.78, 5) is 25.5. The highest BCUT2D eigenvalue weighted by Gasteiger charge is 2.50. The molecule has 0 atom stereocenters. The summed E-state index contributed by atoms with van der Waals surface area (Å²) in [5.74, 6) is -0.105. The predicted molar refractivity (Wildman–Crippen MR) is 85.6 cm³/mol. The van der Waals surface area contributed by atoms with E-state index in [0.29, 0.717) is 24.0 Å². The van der Waals surface area contributed by atoms with Gasteiger partial charge in [0.2, 0.25) is 0 Å². The summed E-state index contributed by atoms with van der Waals surface area (Å²) in [6, 6.07) is 7.12. The average molecular weight is 282 g/mol. The van der Waals surface area contributed by atoms with Gasteiger partial charge in [-0.3, -0.25) is 9.59 Å². The van der Waals surface area contributed by atoms with Crippen LogP contribution in [0.1, 0.15) is 59.7 Å². The number of carbonyl (C=O) groups excluding carboxylic acids is 2. The smallest absolute Gasteiger partial charge is 0.178 e. The molecule has 1 aromatic rings. The molecule has 0 N–H and O–H groups in total. The van der Waals surface area contributed by atoms with E-state index in [1.807, 2.05) is 18.2 Å². The fourth-order valence-electron chi connectivity index (χ4n) is 2.92. The van der Waals surface area contributed by atoms with E-state index >= 15 is 0 Å². The number of carbonyl (C=O) groups is 2. The SMILES string of the molecule is C=CCC1(CC=CCCCC)C(=O)c2ccccc2C1=O. The monoisotopic (exact) mass is 282 g/mol. The fourth-order valence-corrected chi connectivity index (χ4v) is 2.92. The zero-order chi connectivity index (χ0) is 15.3. The van der Waals surface area contributed by atoms with E-state index in [1.54, 1.807) is 18.2 Å². The number of hydrogen-bond acceptors (Lipinski definition) is 2. The number of hydrogen-bond donors (Lipinski definition) is 0. The van der Waals surface area contributed by atoms with Gasteiger partial charge in [-0.05, 0) is 19.3 Å². The Balaban J connectivity index is 2.27. The molecule has 0 spiro atoms. The standard InChI is InChI=1S/C19H22O2/c1-3-5-6-7-10-14-19(13-4-2)17(20)15-11-8-9-12-16(15)18(19)21/h4,7-12H,2-3,5-6,13-14H2,1H3. The molecule has 2 heteroatoms. The van der Waals surface area contributed by atoms with Gasteiger partial charge in [-0.1, -0.05) is 62.3 Å². The molecule has 1 aliphatic carbocycles. The average Bonchev–Trinajstić information content (AvgIpc) is 2.71. The van der Waals surface area contributed by atoms with Gasteiger partial charge in [-0.15, -0.1) is 6.58 Å². The molecule has 2 nitrogen and oxygen atoms in total. The summed E-state index contributed by atoms with van der Waals surface area (Å²) in [7, 11) is 0. The number of ketones is 2. The van der Waals surface area contributed by atoms with Crippen LogP contribution < -0.4 is 0 Å².